The van der Waals surface area contributed by atoms with Gasteiger partial charge in [-0.05, 0) is 13.8 Å². The average molecular weight is 199 g/mol. The smallest absolute Gasteiger partial charge is 0.360 e. The summed E-state index contributed by atoms with van der Waals surface area (Å²) in [5, 5.41) is 12.4. The van der Waals surface area contributed by atoms with Crippen molar-refractivity contribution in [3.8, 4) is 0 Å². The van der Waals surface area contributed by atoms with Crippen molar-refractivity contribution in [1.29, 1.82) is 0 Å². The van der Waals surface area contributed by atoms with Gasteiger partial charge < -0.3 is 14.4 Å². The Morgan fingerprint density at radius 3 is 2.93 bits per heavy atom. The molecule has 78 valence electrons. The number of hydrogen-bond acceptors (Lipinski definition) is 5. The van der Waals surface area contributed by atoms with Crippen molar-refractivity contribution < 1.29 is 19.2 Å². The number of hydrogen-bond donors (Lipinski definition) is 1. The Morgan fingerprint density at radius 2 is 2.36 bits per heavy atom. The van der Waals surface area contributed by atoms with E-state index in [0.717, 1.165) is 0 Å². The molecule has 0 bridgehead atoms. The maximum atomic E-state index is 11.3. The maximum absolute atomic E-state index is 11.3. The van der Waals surface area contributed by atoms with E-state index in [1.54, 1.807) is 13.8 Å². The first-order chi connectivity index (χ1) is 6.70. The molecule has 5 heteroatoms. The monoisotopic (exact) mass is 199 g/mol. The predicted molar refractivity (Wildman–Crippen MR) is 48.0 cm³/mol. The maximum Gasteiger partial charge on any atom is 0.360 e. The summed E-state index contributed by atoms with van der Waals surface area (Å²) < 4.78 is 9.64. The molecule has 0 radical (unpaired) electrons. The van der Waals surface area contributed by atoms with Crippen molar-refractivity contribution >= 4 is 5.97 Å². The van der Waals surface area contributed by atoms with Crippen LogP contribution in [-0.4, -0.2) is 29.4 Å². The predicted octanol–water partition coefficient (Wildman–Crippen LogP) is 0.695. The highest BCUT2D eigenvalue weighted by Gasteiger charge is 2.19. The number of aryl methyl sites for hydroxylation is 1. The lowest BCUT2D eigenvalue weighted by Gasteiger charge is -1.99. The van der Waals surface area contributed by atoms with Crippen molar-refractivity contribution in [2.45, 2.75) is 20.3 Å². The average Bonchev–Trinajstić information content (AvgIpc) is 2.50. The highest BCUT2D eigenvalue weighted by molar-refractivity contribution is 5.88. The second kappa shape index (κ2) is 4.76. The van der Waals surface area contributed by atoms with Gasteiger partial charge in [0.25, 0.3) is 0 Å². The Labute approximate surface area is 81.7 Å². The van der Waals surface area contributed by atoms with Crippen LogP contribution in [0.5, 0.6) is 0 Å². The van der Waals surface area contributed by atoms with Crippen LogP contribution in [-0.2, 0) is 11.2 Å². The van der Waals surface area contributed by atoms with Crippen molar-refractivity contribution in [1.82, 2.24) is 5.16 Å². The molecule has 14 heavy (non-hydrogen) atoms. The molecule has 0 aromatic carbocycles. The molecule has 0 fully saturated rings. The fraction of sp³-hybridized carbons (Fsp3) is 0.556. The van der Waals surface area contributed by atoms with Gasteiger partial charge in [0.05, 0.1) is 6.61 Å². The Kier molecular flexibility index (Phi) is 3.64. The van der Waals surface area contributed by atoms with E-state index in [0.29, 0.717) is 24.4 Å². The van der Waals surface area contributed by atoms with Crippen LogP contribution < -0.4 is 0 Å². The SMILES string of the molecule is CCOC(=O)c1noc(C)c1CCO. The topological polar surface area (TPSA) is 72.6 Å². The second-order valence-electron chi connectivity index (χ2n) is 2.76. The number of aromatic nitrogens is 1. The number of aliphatic hydroxyl groups is 1. The van der Waals surface area contributed by atoms with Crippen LogP contribution in [0.4, 0.5) is 0 Å². The zero-order valence-corrected chi connectivity index (χ0v) is 8.24. The molecule has 1 N–H and O–H groups in total. The van der Waals surface area contributed by atoms with Crippen LogP contribution in [0.3, 0.4) is 0 Å². The van der Waals surface area contributed by atoms with Gasteiger partial charge in [-0.2, -0.15) is 0 Å². The van der Waals surface area contributed by atoms with Gasteiger partial charge >= 0.3 is 5.97 Å². The van der Waals surface area contributed by atoms with E-state index >= 15 is 0 Å². The third-order valence-electron chi connectivity index (χ3n) is 1.82. The van der Waals surface area contributed by atoms with E-state index in [1.165, 1.54) is 0 Å². The molecular weight excluding hydrogens is 186 g/mol. The number of aliphatic hydroxyl groups excluding tert-OH is 1. The van der Waals surface area contributed by atoms with Gasteiger partial charge in [-0.1, -0.05) is 5.16 Å². The van der Waals surface area contributed by atoms with Gasteiger partial charge in [-0.15, -0.1) is 0 Å². The Morgan fingerprint density at radius 1 is 1.64 bits per heavy atom. The van der Waals surface area contributed by atoms with E-state index < -0.39 is 5.97 Å². The van der Waals surface area contributed by atoms with Crippen LogP contribution >= 0.6 is 0 Å². The quantitative estimate of drug-likeness (QED) is 0.722. The summed E-state index contributed by atoms with van der Waals surface area (Å²) in [6, 6.07) is 0. The fourth-order valence-electron chi connectivity index (χ4n) is 1.16. The molecule has 0 aliphatic carbocycles. The molecule has 5 nitrogen and oxygen atoms in total. The molecule has 0 spiro atoms. The first-order valence-electron chi connectivity index (χ1n) is 4.43. The summed E-state index contributed by atoms with van der Waals surface area (Å²) in [4.78, 5) is 11.3. The minimum absolute atomic E-state index is 0.0472. The fourth-order valence-corrected chi connectivity index (χ4v) is 1.16. The lowest BCUT2D eigenvalue weighted by molar-refractivity contribution is 0.0513. The lowest BCUT2D eigenvalue weighted by atomic mass is 10.1. The molecule has 1 heterocycles. The van der Waals surface area contributed by atoms with Gasteiger partial charge in [-0.3, -0.25) is 0 Å². The van der Waals surface area contributed by atoms with Gasteiger partial charge in [0, 0.05) is 18.6 Å². The van der Waals surface area contributed by atoms with Gasteiger partial charge in [0.15, 0.2) is 5.69 Å². The molecule has 1 aromatic rings. The summed E-state index contributed by atoms with van der Waals surface area (Å²) in [5.41, 5.74) is 0.782. The normalized spacial score (nSPS) is 10.2. The van der Waals surface area contributed by atoms with Crippen LogP contribution in [0.2, 0.25) is 0 Å². The van der Waals surface area contributed by atoms with Crippen LogP contribution in [0.1, 0.15) is 28.7 Å². The van der Waals surface area contributed by atoms with Gasteiger partial charge in [-0.25, -0.2) is 4.79 Å². The van der Waals surface area contributed by atoms with E-state index in [2.05, 4.69) is 5.16 Å². The molecule has 0 saturated heterocycles. The number of rotatable bonds is 4. The van der Waals surface area contributed by atoms with Crippen molar-refractivity contribution in [2.24, 2.45) is 0 Å². The standard InChI is InChI=1S/C9H13NO4/c1-3-13-9(12)8-7(4-5-11)6(2)14-10-8/h11H,3-5H2,1-2H3. The minimum atomic E-state index is -0.507. The van der Waals surface area contributed by atoms with Gasteiger partial charge in [0.2, 0.25) is 0 Å². The zero-order valence-electron chi connectivity index (χ0n) is 8.24. The lowest BCUT2D eigenvalue weighted by Crippen LogP contribution is -2.09. The Hall–Kier alpha value is -1.36. The highest BCUT2D eigenvalue weighted by Crippen LogP contribution is 2.14. The summed E-state index contributed by atoms with van der Waals surface area (Å²) in [6.07, 6.45) is 0.351. The number of ether oxygens (including phenoxy) is 1. The Bertz CT molecular complexity index is 319. The third-order valence-corrected chi connectivity index (χ3v) is 1.82. The minimum Gasteiger partial charge on any atom is -0.461 e. The molecule has 0 aliphatic heterocycles. The molecule has 0 aliphatic rings. The largest absolute Gasteiger partial charge is 0.461 e. The highest BCUT2D eigenvalue weighted by atomic mass is 16.5. The summed E-state index contributed by atoms with van der Waals surface area (Å²) in [7, 11) is 0. The van der Waals surface area contributed by atoms with Crippen LogP contribution in [0.15, 0.2) is 4.52 Å². The Balaban J connectivity index is 2.90. The zero-order chi connectivity index (χ0) is 10.6. The molecule has 0 unspecified atom stereocenters. The van der Waals surface area contributed by atoms with E-state index in [-0.39, 0.29) is 12.3 Å². The molecule has 0 amide bonds. The second-order valence-corrected chi connectivity index (χ2v) is 2.76. The van der Waals surface area contributed by atoms with Crippen molar-refractivity contribution in [2.75, 3.05) is 13.2 Å². The van der Waals surface area contributed by atoms with E-state index in [1.807, 2.05) is 0 Å². The number of esters is 1. The summed E-state index contributed by atoms with van der Waals surface area (Å²) >= 11 is 0. The summed E-state index contributed by atoms with van der Waals surface area (Å²) in [6.45, 7) is 3.66. The van der Waals surface area contributed by atoms with E-state index in [9.17, 15) is 4.79 Å². The third kappa shape index (κ3) is 2.11. The first kappa shape index (κ1) is 10.7. The molecular formula is C9H13NO4. The number of carbonyl (C=O) groups is 1. The summed E-state index contributed by atoms with van der Waals surface area (Å²) in [5.74, 6) is 0.0369. The van der Waals surface area contributed by atoms with Crippen LogP contribution in [0, 0.1) is 6.92 Å². The van der Waals surface area contributed by atoms with Crippen LogP contribution in [0.25, 0.3) is 0 Å². The first-order valence-corrected chi connectivity index (χ1v) is 4.43. The molecule has 1 aromatic heterocycles. The number of carbonyl (C=O) groups excluding carboxylic acids is 1. The molecule has 0 atom stereocenters. The molecule has 0 saturated carbocycles. The van der Waals surface area contributed by atoms with Gasteiger partial charge in [0.1, 0.15) is 5.76 Å². The van der Waals surface area contributed by atoms with Crippen molar-refractivity contribution in [3.63, 3.8) is 0 Å². The molecule has 1 rings (SSSR count). The van der Waals surface area contributed by atoms with E-state index in [4.69, 9.17) is 14.4 Å². The van der Waals surface area contributed by atoms with Crippen molar-refractivity contribution in [3.05, 3.63) is 17.0 Å². The number of nitrogens with zero attached hydrogens (tertiary/aromatic N) is 1.